The number of amides is 1. The summed E-state index contributed by atoms with van der Waals surface area (Å²) in [6.07, 6.45) is -2.81. The molecule has 2 aromatic heterocycles. The molecule has 0 fully saturated rings. The van der Waals surface area contributed by atoms with Gasteiger partial charge in [0.2, 0.25) is 6.41 Å². The van der Waals surface area contributed by atoms with Gasteiger partial charge in [0.15, 0.2) is 5.69 Å². The maximum atomic E-state index is 13.0. The normalized spacial score (nSPS) is 11.5. The Hall–Kier alpha value is -2.45. The summed E-state index contributed by atoms with van der Waals surface area (Å²) in [7, 11) is 1.41. The molecule has 0 aromatic carbocycles. The summed E-state index contributed by atoms with van der Waals surface area (Å²) >= 11 is 0. The molecule has 0 bridgehead atoms. The van der Waals surface area contributed by atoms with E-state index in [1.165, 1.54) is 13.2 Å². The van der Waals surface area contributed by atoms with Crippen LogP contribution >= 0.6 is 0 Å². The van der Waals surface area contributed by atoms with Crippen LogP contribution in [0.25, 0.3) is 11.3 Å². The van der Waals surface area contributed by atoms with E-state index >= 15 is 0 Å². The third-order valence-corrected chi connectivity index (χ3v) is 2.75. The van der Waals surface area contributed by atoms with Crippen LogP contribution in [0.2, 0.25) is 0 Å². The average molecular weight is 299 g/mol. The molecular formula is C12H12F3N5O. The highest BCUT2D eigenvalue weighted by molar-refractivity contribution is 5.65. The number of aromatic nitrogens is 4. The molecule has 6 nitrogen and oxygen atoms in total. The van der Waals surface area contributed by atoms with Gasteiger partial charge in [-0.1, -0.05) is 0 Å². The maximum Gasteiger partial charge on any atom is 0.435 e. The monoisotopic (exact) mass is 299 g/mol. The SMILES string of the molecule is Cc1cc(CNC=O)nnc1-c1cn(C)nc1C(F)(F)F. The summed E-state index contributed by atoms with van der Waals surface area (Å²) in [5, 5.41) is 13.5. The lowest BCUT2D eigenvalue weighted by molar-refractivity contribution is -0.141. The van der Waals surface area contributed by atoms with Gasteiger partial charge in [0.05, 0.1) is 23.5 Å². The Bertz CT molecular complexity index is 665. The summed E-state index contributed by atoms with van der Waals surface area (Å²) < 4.78 is 39.9. The van der Waals surface area contributed by atoms with Crippen molar-refractivity contribution >= 4 is 6.41 Å². The van der Waals surface area contributed by atoms with E-state index in [2.05, 4.69) is 20.6 Å². The van der Waals surface area contributed by atoms with Gasteiger partial charge in [-0.2, -0.15) is 23.4 Å². The van der Waals surface area contributed by atoms with Crippen LogP contribution in [0, 0.1) is 6.92 Å². The number of rotatable bonds is 4. The van der Waals surface area contributed by atoms with Gasteiger partial charge in [0.25, 0.3) is 0 Å². The van der Waals surface area contributed by atoms with Crippen molar-refractivity contribution in [3.8, 4) is 11.3 Å². The van der Waals surface area contributed by atoms with Crippen LogP contribution in [-0.4, -0.2) is 26.4 Å². The fourth-order valence-electron chi connectivity index (χ4n) is 1.91. The van der Waals surface area contributed by atoms with Gasteiger partial charge in [-0.05, 0) is 18.6 Å². The Morgan fingerprint density at radius 1 is 1.38 bits per heavy atom. The third-order valence-electron chi connectivity index (χ3n) is 2.75. The van der Waals surface area contributed by atoms with Crippen LogP contribution < -0.4 is 5.32 Å². The van der Waals surface area contributed by atoms with Crippen molar-refractivity contribution in [1.82, 2.24) is 25.3 Å². The van der Waals surface area contributed by atoms with Crippen molar-refractivity contribution in [3.63, 3.8) is 0 Å². The first kappa shape index (κ1) is 14.9. The van der Waals surface area contributed by atoms with E-state index in [9.17, 15) is 18.0 Å². The van der Waals surface area contributed by atoms with Crippen LogP contribution in [0.5, 0.6) is 0 Å². The molecule has 0 saturated heterocycles. The number of halogens is 3. The summed E-state index contributed by atoms with van der Waals surface area (Å²) in [6, 6.07) is 1.58. The van der Waals surface area contributed by atoms with Crippen LogP contribution in [0.3, 0.4) is 0 Å². The molecule has 0 radical (unpaired) electrons. The number of carbonyl (C=O) groups is 1. The third kappa shape index (κ3) is 3.18. The number of aryl methyl sites for hydroxylation is 2. The second-order valence-corrected chi connectivity index (χ2v) is 4.43. The number of carbonyl (C=O) groups excluding carboxylic acids is 1. The van der Waals surface area contributed by atoms with Crippen LogP contribution in [0.15, 0.2) is 12.3 Å². The van der Waals surface area contributed by atoms with E-state index in [4.69, 9.17) is 0 Å². The lowest BCUT2D eigenvalue weighted by Crippen LogP contribution is -2.13. The molecule has 1 amide bonds. The Labute approximate surface area is 118 Å². The molecule has 0 spiro atoms. The van der Waals surface area contributed by atoms with Crippen LogP contribution in [0.1, 0.15) is 17.0 Å². The highest BCUT2D eigenvalue weighted by atomic mass is 19.4. The molecule has 0 aliphatic rings. The largest absolute Gasteiger partial charge is 0.435 e. The predicted molar refractivity (Wildman–Crippen MR) is 66.9 cm³/mol. The van der Waals surface area contributed by atoms with E-state index < -0.39 is 11.9 Å². The molecule has 2 aromatic rings. The van der Waals surface area contributed by atoms with Gasteiger partial charge in [-0.15, -0.1) is 5.10 Å². The molecule has 21 heavy (non-hydrogen) atoms. The van der Waals surface area contributed by atoms with Crippen molar-refractivity contribution in [2.45, 2.75) is 19.6 Å². The quantitative estimate of drug-likeness (QED) is 0.867. The second kappa shape index (κ2) is 5.51. The molecule has 112 valence electrons. The summed E-state index contributed by atoms with van der Waals surface area (Å²) in [5.74, 6) is 0. The van der Waals surface area contributed by atoms with E-state index in [1.807, 2.05) is 0 Å². The van der Waals surface area contributed by atoms with Gasteiger partial charge >= 0.3 is 6.18 Å². The molecular weight excluding hydrogens is 287 g/mol. The zero-order chi connectivity index (χ0) is 15.6. The zero-order valence-electron chi connectivity index (χ0n) is 11.3. The van der Waals surface area contributed by atoms with Crippen molar-refractivity contribution in [2.24, 2.45) is 7.05 Å². The summed E-state index contributed by atoms with van der Waals surface area (Å²) in [6.45, 7) is 1.79. The molecule has 9 heteroatoms. The van der Waals surface area contributed by atoms with E-state index in [0.29, 0.717) is 17.7 Å². The Balaban J connectivity index is 2.45. The lowest BCUT2D eigenvalue weighted by atomic mass is 10.1. The summed E-state index contributed by atoms with van der Waals surface area (Å²) in [4.78, 5) is 10.2. The number of nitrogens with one attached hydrogen (secondary N) is 1. The number of alkyl halides is 3. The molecule has 2 rings (SSSR count). The highest BCUT2D eigenvalue weighted by Crippen LogP contribution is 2.35. The van der Waals surface area contributed by atoms with E-state index in [-0.39, 0.29) is 17.8 Å². The van der Waals surface area contributed by atoms with Crippen LogP contribution in [-0.2, 0) is 24.6 Å². The van der Waals surface area contributed by atoms with Gasteiger partial charge in [-0.3, -0.25) is 9.48 Å². The number of nitrogens with zero attached hydrogens (tertiary/aromatic N) is 4. The Morgan fingerprint density at radius 3 is 2.67 bits per heavy atom. The highest BCUT2D eigenvalue weighted by Gasteiger charge is 2.38. The van der Waals surface area contributed by atoms with Gasteiger partial charge in [0.1, 0.15) is 0 Å². The average Bonchev–Trinajstić information content (AvgIpc) is 2.78. The van der Waals surface area contributed by atoms with Crippen molar-refractivity contribution in [2.75, 3.05) is 0 Å². The Kier molecular flexibility index (Phi) is 3.92. The van der Waals surface area contributed by atoms with Crippen LogP contribution in [0.4, 0.5) is 13.2 Å². The number of hydrogen-bond acceptors (Lipinski definition) is 4. The molecule has 1 N–H and O–H groups in total. The maximum absolute atomic E-state index is 13.0. The predicted octanol–water partition coefficient (Wildman–Crippen LogP) is 1.45. The first-order valence-electron chi connectivity index (χ1n) is 5.94. The van der Waals surface area contributed by atoms with Crippen molar-refractivity contribution < 1.29 is 18.0 Å². The van der Waals surface area contributed by atoms with E-state index in [1.54, 1.807) is 13.0 Å². The summed E-state index contributed by atoms with van der Waals surface area (Å²) in [5.41, 5.74) is -0.0247. The standard InChI is InChI=1S/C12H12F3N5O/c1-7-3-8(4-16-6-21)17-18-10(7)9-5-20(2)19-11(9)12(13,14)15/h3,5-6H,4H2,1-2H3,(H,16,21). The minimum atomic E-state index is -4.57. The number of hydrogen-bond donors (Lipinski definition) is 1. The van der Waals surface area contributed by atoms with Crippen molar-refractivity contribution in [3.05, 3.63) is 29.2 Å². The molecule has 0 atom stereocenters. The topological polar surface area (TPSA) is 72.7 Å². The first-order valence-corrected chi connectivity index (χ1v) is 5.94. The van der Waals surface area contributed by atoms with E-state index in [0.717, 1.165) is 4.68 Å². The first-order chi connectivity index (χ1) is 9.82. The fraction of sp³-hybridized carbons (Fsp3) is 0.333. The lowest BCUT2D eigenvalue weighted by Gasteiger charge is -2.08. The van der Waals surface area contributed by atoms with Crippen molar-refractivity contribution in [1.29, 1.82) is 0 Å². The molecule has 0 aliphatic heterocycles. The van der Waals surface area contributed by atoms with Gasteiger partial charge in [0, 0.05) is 13.2 Å². The fourth-order valence-corrected chi connectivity index (χ4v) is 1.91. The molecule has 0 unspecified atom stereocenters. The Morgan fingerprint density at radius 2 is 2.10 bits per heavy atom. The molecule has 0 saturated carbocycles. The smallest absolute Gasteiger partial charge is 0.353 e. The van der Waals surface area contributed by atoms with Gasteiger partial charge in [-0.25, -0.2) is 0 Å². The molecule has 0 aliphatic carbocycles. The van der Waals surface area contributed by atoms with Gasteiger partial charge < -0.3 is 5.32 Å². The molecule has 2 heterocycles. The minimum absolute atomic E-state index is 0.116. The minimum Gasteiger partial charge on any atom is -0.353 e. The second-order valence-electron chi connectivity index (χ2n) is 4.43. The zero-order valence-corrected chi connectivity index (χ0v) is 11.3.